The molecule has 0 heterocycles. The summed E-state index contributed by atoms with van der Waals surface area (Å²) in [4.78, 5) is 0. The lowest BCUT2D eigenvalue weighted by molar-refractivity contribution is 0.542. The van der Waals surface area contributed by atoms with E-state index in [1.165, 1.54) is 0 Å². The highest BCUT2D eigenvalue weighted by Crippen LogP contribution is 2.37. The van der Waals surface area contributed by atoms with Gasteiger partial charge in [-0.2, -0.15) is 0 Å². The summed E-state index contributed by atoms with van der Waals surface area (Å²) in [6.07, 6.45) is 0. The standard InChI is InChI=1S/C16H22O2S/c1-9-11-13(3)15(5,6)19(17,18)16(7,8)14(4)12-10-2/h3-4H2,1-2,5-8H3. The van der Waals surface area contributed by atoms with Gasteiger partial charge in [-0.25, -0.2) is 8.42 Å². The Labute approximate surface area is 117 Å². The van der Waals surface area contributed by atoms with Gasteiger partial charge in [0.2, 0.25) is 0 Å². The summed E-state index contributed by atoms with van der Waals surface area (Å²) in [7, 11) is -3.58. The van der Waals surface area contributed by atoms with E-state index in [0.29, 0.717) is 11.1 Å². The summed E-state index contributed by atoms with van der Waals surface area (Å²) in [6, 6.07) is 0. The molecule has 0 aliphatic rings. The smallest absolute Gasteiger partial charge is 0.170 e. The van der Waals surface area contributed by atoms with Crippen LogP contribution in [0.5, 0.6) is 0 Å². The Morgan fingerprint density at radius 3 is 1.32 bits per heavy atom. The van der Waals surface area contributed by atoms with Crippen LogP contribution >= 0.6 is 0 Å². The highest BCUT2D eigenvalue weighted by Gasteiger charge is 2.48. The molecule has 0 aromatic carbocycles. The van der Waals surface area contributed by atoms with Crippen molar-refractivity contribution in [3.63, 3.8) is 0 Å². The van der Waals surface area contributed by atoms with E-state index in [1.54, 1.807) is 41.5 Å². The van der Waals surface area contributed by atoms with Crippen LogP contribution in [0.3, 0.4) is 0 Å². The minimum atomic E-state index is -3.58. The normalized spacial score (nSPS) is 11.7. The van der Waals surface area contributed by atoms with E-state index in [4.69, 9.17) is 0 Å². The van der Waals surface area contributed by atoms with Crippen molar-refractivity contribution in [2.75, 3.05) is 0 Å². The van der Waals surface area contributed by atoms with E-state index in [1.807, 2.05) is 0 Å². The Hall–Kier alpha value is -1.45. The summed E-state index contributed by atoms with van der Waals surface area (Å²) in [5.41, 5.74) is 0.751. The molecule has 0 spiro atoms. The molecule has 0 N–H and O–H groups in total. The molecule has 3 heteroatoms. The van der Waals surface area contributed by atoms with E-state index in [0.717, 1.165) is 0 Å². The predicted octanol–water partition coefficient (Wildman–Crippen LogP) is 3.12. The third-order valence-electron chi connectivity index (χ3n) is 3.35. The van der Waals surface area contributed by atoms with Crippen LogP contribution in [0.25, 0.3) is 0 Å². The van der Waals surface area contributed by atoms with Gasteiger partial charge < -0.3 is 0 Å². The van der Waals surface area contributed by atoms with Crippen LogP contribution in [0.2, 0.25) is 0 Å². The second-order valence-corrected chi connectivity index (χ2v) is 8.28. The maximum atomic E-state index is 12.8. The highest BCUT2D eigenvalue weighted by molar-refractivity contribution is 7.94. The maximum absolute atomic E-state index is 12.8. The Morgan fingerprint density at radius 1 is 0.842 bits per heavy atom. The third kappa shape index (κ3) is 2.94. The number of sulfone groups is 1. The Kier molecular flexibility index (Phi) is 5.24. The molecule has 0 rings (SSSR count). The van der Waals surface area contributed by atoms with E-state index < -0.39 is 19.3 Å². The fourth-order valence-electron chi connectivity index (χ4n) is 1.57. The Balaban J connectivity index is 5.96. The molecule has 0 saturated heterocycles. The van der Waals surface area contributed by atoms with Crippen molar-refractivity contribution in [3.05, 3.63) is 24.3 Å². The van der Waals surface area contributed by atoms with Crippen LogP contribution in [-0.2, 0) is 9.84 Å². The maximum Gasteiger partial charge on any atom is 0.170 e. The van der Waals surface area contributed by atoms with Gasteiger partial charge in [-0.3, -0.25) is 0 Å². The van der Waals surface area contributed by atoms with E-state index >= 15 is 0 Å². The topological polar surface area (TPSA) is 34.1 Å². The molecule has 0 aromatic heterocycles. The highest BCUT2D eigenvalue weighted by atomic mass is 32.2. The molecule has 104 valence electrons. The van der Waals surface area contributed by atoms with Gasteiger partial charge in [-0.1, -0.05) is 25.0 Å². The van der Waals surface area contributed by atoms with Crippen LogP contribution in [0.1, 0.15) is 41.5 Å². The van der Waals surface area contributed by atoms with Crippen LogP contribution in [0.15, 0.2) is 24.3 Å². The van der Waals surface area contributed by atoms with Gasteiger partial charge in [0.25, 0.3) is 0 Å². The molecule has 0 amide bonds. The van der Waals surface area contributed by atoms with Gasteiger partial charge in [-0.05, 0) is 41.5 Å². The molecular formula is C16H22O2S. The van der Waals surface area contributed by atoms with Crippen LogP contribution in [0.4, 0.5) is 0 Å². The lowest BCUT2D eigenvalue weighted by Gasteiger charge is -2.35. The second-order valence-electron chi connectivity index (χ2n) is 5.23. The van der Waals surface area contributed by atoms with E-state index in [2.05, 4.69) is 36.8 Å². The van der Waals surface area contributed by atoms with Gasteiger partial charge in [0.1, 0.15) is 0 Å². The molecule has 0 fully saturated rings. The van der Waals surface area contributed by atoms with Crippen molar-refractivity contribution >= 4 is 9.84 Å². The largest absolute Gasteiger partial charge is 0.227 e. The first-order valence-electron chi connectivity index (χ1n) is 5.95. The van der Waals surface area contributed by atoms with Gasteiger partial charge >= 0.3 is 0 Å². The summed E-state index contributed by atoms with van der Waals surface area (Å²) in [6.45, 7) is 17.3. The first-order chi connectivity index (χ1) is 8.46. The molecule has 0 aromatic rings. The zero-order valence-corrected chi connectivity index (χ0v) is 13.5. The van der Waals surface area contributed by atoms with E-state index in [-0.39, 0.29) is 0 Å². The second kappa shape index (κ2) is 5.68. The fourth-order valence-corrected chi connectivity index (χ4v) is 3.59. The molecular weight excluding hydrogens is 256 g/mol. The minimum Gasteiger partial charge on any atom is -0.227 e. The lowest BCUT2D eigenvalue weighted by atomic mass is 10.0. The molecule has 0 aliphatic carbocycles. The molecule has 0 bridgehead atoms. The third-order valence-corrected chi connectivity index (χ3v) is 6.53. The quantitative estimate of drug-likeness (QED) is 0.740. The summed E-state index contributed by atoms with van der Waals surface area (Å²) < 4.78 is 23.4. The first-order valence-corrected chi connectivity index (χ1v) is 7.43. The molecule has 19 heavy (non-hydrogen) atoms. The average molecular weight is 278 g/mol. The van der Waals surface area contributed by atoms with Crippen LogP contribution in [0, 0.1) is 23.7 Å². The first kappa shape index (κ1) is 17.6. The fraction of sp³-hybridized carbons (Fsp3) is 0.500. The number of hydrogen-bond acceptors (Lipinski definition) is 2. The van der Waals surface area contributed by atoms with Crippen molar-refractivity contribution in [2.24, 2.45) is 0 Å². The van der Waals surface area contributed by atoms with Crippen molar-refractivity contribution in [2.45, 2.75) is 51.0 Å². The van der Waals surface area contributed by atoms with Crippen molar-refractivity contribution < 1.29 is 8.42 Å². The molecule has 2 nitrogen and oxygen atoms in total. The molecule has 0 atom stereocenters. The Bertz CT molecular complexity index is 559. The van der Waals surface area contributed by atoms with Gasteiger partial charge in [0.05, 0.1) is 9.49 Å². The summed E-state index contributed by atoms with van der Waals surface area (Å²) in [5.74, 6) is 10.9. The van der Waals surface area contributed by atoms with Crippen molar-refractivity contribution in [1.82, 2.24) is 0 Å². The van der Waals surface area contributed by atoms with E-state index in [9.17, 15) is 8.42 Å². The van der Waals surface area contributed by atoms with Gasteiger partial charge in [-0.15, -0.1) is 11.8 Å². The van der Waals surface area contributed by atoms with Crippen LogP contribution in [-0.4, -0.2) is 17.9 Å². The molecule has 0 radical (unpaired) electrons. The Morgan fingerprint density at radius 2 is 1.11 bits per heavy atom. The average Bonchev–Trinajstić information content (AvgIpc) is 2.28. The van der Waals surface area contributed by atoms with Gasteiger partial charge in [0.15, 0.2) is 9.84 Å². The van der Waals surface area contributed by atoms with Crippen molar-refractivity contribution in [1.29, 1.82) is 0 Å². The minimum absolute atomic E-state index is 0.375. The monoisotopic (exact) mass is 278 g/mol. The number of rotatable bonds is 4. The zero-order valence-electron chi connectivity index (χ0n) is 12.6. The molecule has 0 unspecified atom stereocenters. The SMILES string of the molecule is C=C(C#CC)C(C)(C)S(=O)(=O)C(C)(C)C(=C)C#CC. The predicted molar refractivity (Wildman–Crippen MR) is 82.3 cm³/mol. The zero-order chi connectivity index (χ0) is 15.5. The molecule has 0 saturated carbocycles. The summed E-state index contributed by atoms with van der Waals surface area (Å²) >= 11 is 0. The lowest BCUT2D eigenvalue weighted by Crippen LogP contribution is -2.47. The summed E-state index contributed by atoms with van der Waals surface area (Å²) in [5, 5.41) is 0. The molecule has 0 aliphatic heterocycles. The van der Waals surface area contributed by atoms with Gasteiger partial charge in [0, 0.05) is 11.1 Å². The van der Waals surface area contributed by atoms with Crippen LogP contribution < -0.4 is 0 Å². The number of hydrogen-bond donors (Lipinski definition) is 0. The van der Waals surface area contributed by atoms with Crippen molar-refractivity contribution in [3.8, 4) is 23.7 Å².